The summed E-state index contributed by atoms with van der Waals surface area (Å²) in [4.78, 5) is 12.6. The van der Waals surface area contributed by atoms with Gasteiger partial charge in [0.05, 0.1) is 18.6 Å². The Labute approximate surface area is 162 Å². The minimum Gasteiger partial charge on any atom is -0.493 e. The highest BCUT2D eigenvalue weighted by Gasteiger charge is 2.24. The van der Waals surface area contributed by atoms with Crippen molar-refractivity contribution in [3.8, 4) is 22.8 Å². The zero-order valence-corrected chi connectivity index (χ0v) is 16.7. The molecule has 3 aromatic rings. The first-order chi connectivity index (χ1) is 13.3. The summed E-state index contributed by atoms with van der Waals surface area (Å²) in [6, 6.07) is 6.42. The molecule has 8 heteroatoms. The molecular weight excluding hydrogens is 382 g/mol. The van der Waals surface area contributed by atoms with E-state index in [2.05, 4.69) is 0 Å². The summed E-state index contributed by atoms with van der Waals surface area (Å²) < 4.78 is 42.3. The van der Waals surface area contributed by atoms with Crippen LogP contribution in [0.25, 0.3) is 22.1 Å². The summed E-state index contributed by atoms with van der Waals surface area (Å²) in [5.74, 6) is 1.32. The molecule has 0 saturated heterocycles. The van der Waals surface area contributed by atoms with Crippen LogP contribution in [-0.4, -0.2) is 33.0 Å². The zero-order valence-electron chi connectivity index (χ0n) is 15.9. The second-order valence-corrected chi connectivity index (χ2v) is 9.17. The normalized spacial score (nSPS) is 14.4. The van der Waals surface area contributed by atoms with Crippen LogP contribution in [0.3, 0.4) is 0 Å². The van der Waals surface area contributed by atoms with Gasteiger partial charge >= 0.3 is 0 Å². The van der Waals surface area contributed by atoms with Crippen molar-refractivity contribution in [2.75, 3.05) is 20.0 Å². The van der Waals surface area contributed by atoms with Crippen LogP contribution in [0.5, 0.6) is 11.7 Å². The number of pyridine rings is 1. The Morgan fingerprint density at radius 1 is 1.21 bits per heavy atom. The lowest BCUT2D eigenvalue weighted by Crippen LogP contribution is -2.16. The number of fused-ring (bicyclic) bond motifs is 1. The van der Waals surface area contributed by atoms with Gasteiger partial charge in [-0.25, -0.2) is 8.42 Å². The maximum absolute atomic E-state index is 12.5. The molecule has 148 valence electrons. The maximum Gasteiger partial charge on any atom is 0.294 e. The highest BCUT2D eigenvalue weighted by atomic mass is 32.2. The Kier molecular flexibility index (Phi) is 4.45. The monoisotopic (exact) mass is 403 g/mol. The number of hydrogen-bond acceptors (Lipinski definition) is 6. The molecule has 0 aliphatic heterocycles. The molecule has 2 heterocycles. The fraction of sp³-hybridized carbons (Fsp3) is 0.350. The van der Waals surface area contributed by atoms with Gasteiger partial charge in [-0.05, 0) is 37.0 Å². The third-order valence-corrected chi connectivity index (χ3v) is 5.99. The average molecular weight is 403 g/mol. The first kappa shape index (κ1) is 18.6. The molecular formula is C20H21NO6S. The molecule has 28 heavy (non-hydrogen) atoms. The number of aromatic nitrogens is 1. The average Bonchev–Trinajstić information content (AvgIpc) is 3.38. The van der Waals surface area contributed by atoms with Crippen LogP contribution in [0.2, 0.25) is 0 Å². The van der Waals surface area contributed by atoms with E-state index in [1.807, 2.05) is 0 Å². The van der Waals surface area contributed by atoms with Crippen molar-refractivity contribution in [2.45, 2.75) is 17.7 Å². The molecule has 1 aromatic carbocycles. The van der Waals surface area contributed by atoms with Gasteiger partial charge in [0, 0.05) is 42.1 Å². The van der Waals surface area contributed by atoms with E-state index in [0.717, 1.165) is 19.1 Å². The lowest BCUT2D eigenvalue weighted by Gasteiger charge is -2.14. The molecule has 0 atom stereocenters. The number of methoxy groups -OCH3 is 1. The summed E-state index contributed by atoms with van der Waals surface area (Å²) in [6.07, 6.45) is 5.10. The van der Waals surface area contributed by atoms with E-state index >= 15 is 0 Å². The Balaban J connectivity index is 1.96. The van der Waals surface area contributed by atoms with Crippen LogP contribution in [0.15, 0.2) is 44.6 Å². The van der Waals surface area contributed by atoms with Crippen LogP contribution in [0, 0.1) is 5.92 Å². The number of nitrogens with zero attached hydrogens (tertiary/aromatic N) is 1. The molecule has 1 fully saturated rings. The molecule has 0 unspecified atom stereocenters. The van der Waals surface area contributed by atoms with Crippen molar-refractivity contribution < 1.29 is 22.3 Å². The van der Waals surface area contributed by atoms with E-state index in [9.17, 15) is 13.2 Å². The van der Waals surface area contributed by atoms with Gasteiger partial charge in [0.25, 0.3) is 11.5 Å². The van der Waals surface area contributed by atoms with Crippen molar-refractivity contribution >= 4 is 20.8 Å². The van der Waals surface area contributed by atoms with Crippen molar-refractivity contribution in [3.05, 3.63) is 40.8 Å². The summed E-state index contributed by atoms with van der Waals surface area (Å²) in [5, 5.41) is 0.543. The van der Waals surface area contributed by atoms with Gasteiger partial charge in [-0.1, -0.05) is 0 Å². The first-order valence-corrected chi connectivity index (χ1v) is 10.8. The molecule has 4 rings (SSSR count). The van der Waals surface area contributed by atoms with Gasteiger partial charge in [-0.2, -0.15) is 0 Å². The predicted molar refractivity (Wildman–Crippen MR) is 105 cm³/mol. The van der Waals surface area contributed by atoms with E-state index < -0.39 is 9.84 Å². The first-order valence-electron chi connectivity index (χ1n) is 8.92. The highest BCUT2D eigenvalue weighted by molar-refractivity contribution is 7.90. The summed E-state index contributed by atoms with van der Waals surface area (Å²) in [5.41, 5.74) is 1.07. The lowest BCUT2D eigenvalue weighted by molar-refractivity contribution is 0.301. The summed E-state index contributed by atoms with van der Waals surface area (Å²) >= 11 is 0. The van der Waals surface area contributed by atoms with Crippen LogP contribution in [0.4, 0.5) is 0 Å². The molecule has 7 nitrogen and oxygen atoms in total. The SMILES string of the molecule is COc1cc2c(-c3cc(S(C)(=O)=O)ccc3OCC3CC3)cn(C)c(=O)c2o1. The summed E-state index contributed by atoms with van der Waals surface area (Å²) in [7, 11) is -0.341. The molecule has 1 aliphatic carbocycles. The minimum absolute atomic E-state index is 0.148. The number of rotatable bonds is 6. The number of furan rings is 1. The molecule has 0 amide bonds. The largest absolute Gasteiger partial charge is 0.493 e. The smallest absolute Gasteiger partial charge is 0.294 e. The van der Waals surface area contributed by atoms with Crippen LogP contribution in [0.1, 0.15) is 12.8 Å². The van der Waals surface area contributed by atoms with E-state index in [1.165, 1.54) is 17.7 Å². The molecule has 0 bridgehead atoms. The number of ether oxygens (including phenoxy) is 2. The summed E-state index contributed by atoms with van der Waals surface area (Å²) in [6.45, 7) is 0.578. The fourth-order valence-electron chi connectivity index (χ4n) is 3.09. The quantitative estimate of drug-likeness (QED) is 0.629. The standard InChI is InChI=1S/C20H21NO6S/c1-21-10-16(15-9-18(25-2)27-19(15)20(21)22)14-8-13(28(3,23)24)6-7-17(14)26-11-12-4-5-12/h6-10,12H,4-5,11H2,1-3H3. The number of sulfone groups is 1. The van der Waals surface area contributed by atoms with E-state index in [0.29, 0.717) is 34.8 Å². The van der Waals surface area contributed by atoms with Gasteiger partial charge in [0.1, 0.15) is 5.75 Å². The lowest BCUT2D eigenvalue weighted by atomic mass is 10.0. The molecule has 0 radical (unpaired) electrons. The second-order valence-electron chi connectivity index (χ2n) is 7.16. The minimum atomic E-state index is -3.41. The van der Waals surface area contributed by atoms with Gasteiger partial charge in [-0.3, -0.25) is 4.79 Å². The fourth-order valence-corrected chi connectivity index (χ4v) is 3.74. The van der Waals surface area contributed by atoms with Crippen molar-refractivity contribution in [3.63, 3.8) is 0 Å². The number of benzene rings is 1. The van der Waals surface area contributed by atoms with E-state index in [4.69, 9.17) is 13.9 Å². The number of hydrogen-bond donors (Lipinski definition) is 0. The Hall–Kier alpha value is -2.74. The number of aryl methyl sites for hydroxylation is 1. The van der Waals surface area contributed by atoms with Gasteiger partial charge in [0.15, 0.2) is 9.84 Å². The molecule has 0 spiro atoms. The van der Waals surface area contributed by atoms with Gasteiger partial charge < -0.3 is 18.5 Å². The Bertz CT molecular complexity index is 1220. The predicted octanol–water partition coefficient (Wildman–Crippen LogP) is 3.00. The molecule has 1 aliphatic rings. The Morgan fingerprint density at radius 3 is 2.61 bits per heavy atom. The van der Waals surface area contributed by atoms with Crippen LogP contribution >= 0.6 is 0 Å². The van der Waals surface area contributed by atoms with Gasteiger partial charge in [0.2, 0.25) is 5.58 Å². The third kappa shape index (κ3) is 3.40. The van der Waals surface area contributed by atoms with Crippen molar-refractivity contribution in [1.82, 2.24) is 4.57 Å². The molecule has 0 N–H and O–H groups in total. The van der Waals surface area contributed by atoms with E-state index in [1.54, 1.807) is 31.4 Å². The molecule has 2 aromatic heterocycles. The highest BCUT2D eigenvalue weighted by Crippen LogP contribution is 2.39. The van der Waals surface area contributed by atoms with Crippen LogP contribution < -0.4 is 15.0 Å². The van der Waals surface area contributed by atoms with Crippen LogP contribution in [-0.2, 0) is 16.9 Å². The maximum atomic E-state index is 12.5. The zero-order chi connectivity index (χ0) is 20.1. The Morgan fingerprint density at radius 2 is 1.96 bits per heavy atom. The second kappa shape index (κ2) is 6.70. The van der Waals surface area contributed by atoms with Crippen molar-refractivity contribution in [1.29, 1.82) is 0 Å². The van der Waals surface area contributed by atoms with E-state index in [-0.39, 0.29) is 22.0 Å². The van der Waals surface area contributed by atoms with Gasteiger partial charge in [-0.15, -0.1) is 0 Å². The molecule has 1 saturated carbocycles. The topological polar surface area (TPSA) is 87.7 Å². The third-order valence-electron chi connectivity index (χ3n) is 4.88. The van der Waals surface area contributed by atoms with Crippen molar-refractivity contribution in [2.24, 2.45) is 13.0 Å².